The molecule has 0 aliphatic carbocycles. The van der Waals surface area contributed by atoms with E-state index in [1.807, 2.05) is 32.0 Å². The van der Waals surface area contributed by atoms with Crippen LogP contribution in [0.4, 0.5) is 5.69 Å². The minimum absolute atomic E-state index is 0.0219. The van der Waals surface area contributed by atoms with E-state index in [1.54, 1.807) is 12.1 Å². The molecule has 2 aromatic carbocycles. The van der Waals surface area contributed by atoms with Gasteiger partial charge in [0.15, 0.2) is 0 Å². The van der Waals surface area contributed by atoms with Gasteiger partial charge in [-0.1, -0.05) is 44.2 Å². The summed E-state index contributed by atoms with van der Waals surface area (Å²) >= 11 is 0. The lowest BCUT2D eigenvalue weighted by Gasteiger charge is -2.16. The normalized spacial score (nSPS) is 11.3. The first-order valence-corrected chi connectivity index (χ1v) is 9.80. The van der Waals surface area contributed by atoms with Crippen LogP contribution in [-0.4, -0.2) is 19.5 Å². The predicted molar refractivity (Wildman–Crippen MR) is 98.4 cm³/mol. The molecule has 0 aliphatic rings. The summed E-state index contributed by atoms with van der Waals surface area (Å²) in [5.41, 5.74) is 3.37. The average molecular weight is 361 g/mol. The molecule has 0 unspecified atom stereocenters. The Labute approximate surface area is 148 Å². The number of hydrogen-bond acceptors (Lipinski definition) is 3. The van der Waals surface area contributed by atoms with E-state index >= 15 is 0 Å². The van der Waals surface area contributed by atoms with Gasteiger partial charge >= 0.3 is 5.97 Å². The van der Waals surface area contributed by atoms with E-state index in [0.717, 1.165) is 29.5 Å². The first-order chi connectivity index (χ1) is 11.9. The Hall–Kier alpha value is -2.34. The van der Waals surface area contributed by atoms with E-state index in [-0.39, 0.29) is 11.3 Å². The number of nitrogens with one attached hydrogen (secondary N) is 1. The van der Waals surface area contributed by atoms with E-state index in [2.05, 4.69) is 4.72 Å². The van der Waals surface area contributed by atoms with Crippen molar-refractivity contribution >= 4 is 21.7 Å². The molecule has 25 heavy (non-hydrogen) atoms. The summed E-state index contributed by atoms with van der Waals surface area (Å²) in [6, 6.07) is 12.1. The number of para-hydroxylation sites is 1. The van der Waals surface area contributed by atoms with Crippen molar-refractivity contribution in [3.05, 3.63) is 59.2 Å². The highest BCUT2D eigenvalue weighted by molar-refractivity contribution is 7.92. The molecule has 134 valence electrons. The number of carbonyl (C=O) groups is 1. The van der Waals surface area contributed by atoms with Crippen LogP contribution in [0.15, 0.2) is 47.4 Å². The fourth-order valence-corrected chi connectivity index (χ4v) is 3.80. The lowest BCUT2D eigenvalue weighted by Crippen LogP contribution is -2.15. The van der Waals surface area contributed by atoms with Crippen LogP contribution in [0.1, 0.15) is 37.0 Å². The van der Waals surface area contributed by atoms with Gasteiger partial charge in [0.05, 0.1) is 10.6 Å². The monoisotopic (exact) mass is 361 g/mol. The molecule has 0 atom stereocenters. The Morgan fingerprint density at radius 2 is 1.56 bits per heavy atom. The standard InChI is InChI=1S/C19H23NO4S/c1-3-15-6-5-7-16(4-2)19(15)20-25(23,24)17-11-8-14(9-12-17)10-13-18(21)22/h5-9,11-12,20H,3-4,10,13H2,1-2H3,(H,21,22). The molecule has 0 amide bonds. The average Bonchev–Trinajstić information content (AvgIpc) is 2.60. The van der Waals surface area contributed by atoms with Gasteiger partial charge in [0, 0.05) is 6.42 Å². The molecular formula is C19H23NO4S. The van der Waals surface area contributed by atoms with Gasteiger partial charge in [0.25, 0.3) is 10.0 Å². The number of hydrogen-bond donors (Lipinski definition) is 2. The Morgan fingerprint density at radius 3 is 2.04 bits per heavy atom. The molecule has 2 aromatic rings. The molecule has 5 nitrogen and oxygen atoms in total. The number of aryl methyl sites for hydroxylation is 3. The smallest absolute Gasteiger partial charge is 0.303 e. The lowest BCUT2D eigenvalue weighted by atomic mass is 10.0. The quantitative estimate of drug-likeness (QED) is 0.752. The molecule has 0 aromatic heterocycles. The first-order valence-electron chi connectivity index (χ1n) is 8.31. The van der Waals surface area contributed by atoms with Crippen molar-refractivity contribution < 1.29 is 18.3 Å². The summed E-state index contributed by atoms with van der Waals surface area (Å²) in [7, 11) is -3.69. The number of carboxylic acid groups (broad SMARTS) is 1. The summed E-state index contributed by atoms with van der Waals surface area (Å²) in [5.74, 6) is -0.873. The maximum atomic E-state index is 12.7. The van der Waals surface area contributed by atoms with Gasteiger partial charge in [0.2, 0.25) is 0 Å². The van der Waals surface area contributed by atoms with Crippen LogP contribution in [0.3, 0.4) is 0 Å². The van der Waals surface area contributed by atoms with Crippen molar-refractivity contribution in [2.45, 2.75) is 44.4 Å². The van der Waals surface area contributed by atoms with Crippen molar-refractivity contribution in [1.29, 1.82) is 0 Å². The molecule has 0 radical (unpaired) electrons. The molecule has 0 heterocycles. The van der Waals surface area contributed by atoms with Crippen LogP contribution in [0.25, 0.3) is 0 Å². The van der Waals surface area contributed by atoms with E-state index in [1.165, 1.54) is 12.1 Å². The van der Waals surface area contributed by atoms with Gasteiger partial charge < -0.3 is 5.11 Å². The SMILES string of the molecule is CCc1cccc(CC)c1NS(=O)(=O)c1ccc(CCC(=O)O)cc1. The van der Waals surface area contributed by atoms with Gasteiger partial charge in [-0.25, -0.2) is 8.42 Å². The Bertz CT molecular complexity index is 820. The molecule has 2 N–H and O–H groups in total. The number of rotatable bonds is 8. The minimum Gasteiger partial charge on any atom is -0.481 e. The number of carboxylic acids is 1. The summed E-state index contributed by atoms with van der Waals surface area (Å²) < 4.78 is 28.1. The molecule has 0 bridgehead atoms. The fraction of sp³-hybridized carbons (Fsp3) is 0.316. The molecule has 6 heteroatoms. The highest BCUT2D eigenvalue weighted by Crippen LogP contribution is 2.26. The maximum absolute atomic E-state index is 12.7. The lowest BCUT2D eigenvalue weighted by molar-refractivity contribution is -0.136. The first kappa shape index (κ1) is 19.0. The highest BCUT2D eigenvalue weighted by atomic mass is 32.2. The predicted octanol–water partition coefficient (Wildman–Crippen LogP) is 3.63. The number of benzene rings is 2. The highest BCUT2D eigenvalue weighted by Gasteiger charge is 2.17. The number of sulfonamides is 1. The van der Waals surface area contributed by atoms with Gasteiger partial charge in [-0.15, -0.1) is 0 Å². The number of aliphatic carboxylic acids is 1. The van der Waals surface area contributed by atoms with Crippen LogP contribution in [0.2, 0.25) is 0 Å². The summed E-state index contributed by atoms with van der Waals surface area (Å²) in [6.45, 7) is 3.98. The largest absolute Gasteiger partial charge is 0.481 e. The molecule has 0 spiro atoms. The fourth-order valence-electron chi connectivity index (χ4n) is 2.65. The van der Waals surface area contributed by atoms with Crippen molar-refractivity contribution in [2.75, 3.05) is 4.72 Å². The summed E-state index contributed by atoms with van der Waals surface area (Å²) in [4.78, 5) is 10.8. The molecule has 0 fully saturated rings. The topological polar surface area (TPSA) is 83.5 Å². The minimum atomic E-state index is -3.69. The van der Waals surface area contributed by atoms with Gasteiger partial charge in [-0.05, 0) is 48.1 Å². The summed E-state index contributed by atoms with van der Waals surface area (Å²) in [5, 5.41) is 8.72. The third kappa shape index (κ3) is 4.82. The van der Waals surface area contributed by atoms with E-state index in [0.29, 0.717) is 12.1 Å². The second-order valence-corrected chi connectivity index (χ2v) is 7.48. The van der Waals surface area contributed by atoms with E-state index in [4.69, 9.17) is 5.11 Å². The van der Waals surface area contributed by atoms with Crippen LogP contribution >= 0.6 is 0 Å². The Balaban J connectivity index is 2.26. The number of anilines is 1. The van der Waals surface area contributed by atoms with Crippen LogP contribution in [-0.2, 0) is 34.1 Å². The zero-order valence-electron chi connectivity index (χ0n) is 14.5. The van der Waals surface area contributed by atoms with E-state index < -0.39 is 16.0 Å². The van der Waals surface area contributed by atoms with Crippen LogP contribution in [0.5, 0.6) is 0 Å². The Kier molecular flexibility index (Phi) is 6.20. The molecule has 2 rings (SSSR count). The Morgan fingerprint density at radius 1 is 1.00 bits per heavy atom. The maximum Gasteiger partial charge on any atom is 0.303 e. The molecule has 0 aliphatic heterocycles. The third-order valence-corrected chi connectivity index (χ3v) is 5.46. The second kappa shape index (κ2) is 8.16. The van der Waals surface area contributed by atoms with E-state index in [9.17, 15) is 13.2 Å². The zero-order chi connectivity index (χ0) is 18.4. The van der Waals surface area contributed by atoms with Crippen molar-refractivity contribution in [2.24, 2.45) is 0 Å². The molecule has 0 saturated heterocycles. The van der Waals surface area contributed by atoms with Gasteiger partial charge in [0.1, 0.15) is 0 Å². The van der Waals surface area contributed by atoms with Crippen molar-refractivity contribution in [1.82, 2.24) is 0 Å². The molecular weight excluding hydrogens is 338 g/mol. The zero-order valence-corrected chi connectivity index (χ0v) is 15.3. The molecule has 0 saturated carbocycles. The van der Waals surface area contributed by atoms with Crippen LogP contribution in [0, 0.1) is 0 Å². The van der Waals surface area contributed by atoms with Crippen molar-refractivity contribution in [3.8, 4) is 0 Å². The summed E-state index contributed by atoms with van der Waals surface area (Å²) in [6.07, 6.45) is 1.87. The van der Waals surface area contributed by atoms with Gasteiger partial charge in [-0.2, -0.15) is 0 Å². The second-order valence-electron chi connectivity index (χ2n) is 5.80. The van der Waals surface area contributed by atoms with Crippen molar-refractivity contribution in [3.63, 3.8) is 0 Å². The van der Waals surface area contributed by atoms with Crippen LogP contribution < -0.4 is 4.72 Å². The third-order valence-electron chi connectivity index (χ3n) is 4.10. The van der Waals surface area contributed by atoms with Gasteiger partial charge in [-0.3, -0.25) is 9.52 Å².